The van der Waals surface area contributed by atoms with Crippen molar-refractivity contribution < 1.29 is 14.3 Å². The van der Waals surface area contributed by atoms with Crippen LogP contribution in [0.5, 0.6) is 11.5 Å². The Bertz CT molecular complexity index is 939. The fraction of sp³-hybridized carbons (Fsp3) is 0.100. The van der Waals surface area contributed by atoms with Gasteiger partial charge in [0.1, 0.15) is 11.5 Å². The Hall–Kier alpha value is -2.86. The lowest BCUT2D eigenvalue weighted by molar-refractivity contribution is -0.123. The zero-order valence-corrected chi connectivity index (χ0v) is 15.7. The fourth-order valence-corrected chi connectivity index (χ4v) is 2.73. The number of amides is 1. The second-order valence-electron chi connectivity index (χ2n) is 5.44. The van der Waals surface area contributed by atoms with Gasteiger partial charge in [0.15, 0.2) is 6.61 Å². The summed E-state index contributed by atoms with van der Waals surface area (Å²) >= 11 is 3.35. The summed E-state index contributed by atoms with van der Waals surface area (Å²) in [4.78, 5) is 11.9. The smallest absolute Gasteiger partial charge is 0.277 e. The van der Waals surface area contributed by atoms with Gasteiger partial charge in [0.25, 0.3) is 5.91 Å². The van der Waals surface area contributed by atoms with Crippen molar-refractivity contribution in [3.63, 3.8) is 0 Å². The Balaban J connectivity index is 1.65. The lowest BCUT2D eigenvalue weighted by Crippen LogP contribution is -2.24. The Labute approximate surface area is 159 Å². The molecule has 0 saturated heterocycles. The molecule has 0 aliphatic rings. The van der Waals surface area contributed by atoms with E-state index >= 15 is 0 Å². The molecule has 0 radical (unpaired) electrons. The van der Waals surface area contributed by atoms with Gasteiger partial charge in [0, 0.05) is 10.0 Å². The molecule has 0 aromatic heterocycles. The SMILES string of the molecule is COc1ccc2ccccc2c1C=NNC(=O)COc1ccc(Br)cc1. The largest absolute Gasteiger partial charge is 0.496 e. The van der Waals surface area contributed by atoms with Gasteiger partial charge in [-0.05, 0) is 41.1 Å². The molecule has 3 rings (SSSR count). The first-order valence-electron chi connectivity index (χ1n) is 7.93. The summed E-state index contributed by atoms with van der Waals surface area (Å²) in [6.07, 6.45) is 1.58. The fourth-order valence-electron chi connectivity index (χ4n) is 2.47. The topological polar surface area (TPSA) is 59.9 Å². The van der Waals surface area contributed by atoms with Crippen LogP contribution in [0, 0.1) is 0 Å². The minimum absolute atomic E-state index is 0.119. The van der Waals surface area contributed by atoms with E-state index in [0.29, 0.717) is 11.5 Å². The van der Waals surface area contributed by atoms with Gasteiger partial charge < -0.3 is 9.47 Å². The van der Waals surface area contributed by atoms with Crippen molar-refractivity contribution in [2.24, 2.45) is 5.10 Å². The molecule has 0 heterocycles. The molecule has 0 fully saturated rings. The van der Waals surface area contributed by atoms with E-state index in [9.17, 15) is 4.79 Å². The number of carbonyl (C=O) groups is 1. The number of nitrogens with one attached hydrogen (secondary N) is 1. The van der Waals surface area contributed by atoms with Crippen LogP contribution >= 0.6 is 15.9 Å². The first kappa shape index (κ1) is 17.9. The van der Waals surface area contributed by atoms with Crippen molar-refractivity contribution in [3.8, 4) is 11.5 Å². The van der Waals surface area contributed by atoms with Crippen LogP contribution < -0.4 is 14.9 Å². The predicted octanol–water partition coefficient (Wildman–Crippen LogP) is 4.14. The lowest BCUT2D eigenvalue weighted by atomic mass is 10.0. The Morgan fingerprint density at radius 1 is 1.12 bits per heavy atom. The molecule has 0 bridgehead atoms. The molecule has 6 heteroatoms. The van der Waals surface area contributed by atoms with Gasteiger partial charge in [-0.1, -0.05) is 46.3 Å². The summed E-state index contributed by atoms with van der Waals surface area (Å²) in [5, 5.41) is 6.10. The number of hydrazone groups is 1. The molecule has 3 aromatic carbocycles. The first-order chi connectivity index (χ1) is 12.7. The van der Waals surface area contributed by atoms with Crippen molar-refractivity contribution >= 4 is 38.8 Å². The van der Waals surface area contributed by atoms with Gasteiger partial charge in [-0.25, -0.2) is 5.43 Å². The molecule has 0 unspecified atom stereocenters. The van der Waals surface area contributed by atoms with Gasteiger partial charge in [-0.15, -0.1) is 0 Å². The summed E-state index contributed by atoms with van der Waals surface area (Å²) in [5.41, 5.74) is 3.27. The highest BCUT2D eigenvalue weighted by atomic mass is 79.9. The summed E-state index contributed by atoms with van der Waals surface area (Å²) in [5.74, 6) is 0.958. The van der Waals surface area contributed by atoms with Crippen LogP contribution in [0.2, 0.25) is 0 Å². The number of fused-ring (bicyclic) bond motifs is 1. The number of hydrogen-bond donors (Lipinski definition) is 1. The van der Waals surface area contributed by atoms with E-state index in [1.54, 1.807) is 25.5 Å². The predicted molar refractivity (Wildman–Crippen MR) is 106 cm³/mol. The maximum Gasteiger partial charge on any atom is 0.277 e. The minimum Gasteiger partial charge on any atom is -0.496 e. The van der Waals surface area contributed by atoms with E-state index in [2.05, 4.69) is 26.5 Å². The monoisotopic (exact) mass is 412 g/mol. The number of hydrogen-bond acceptors (Lipinski definition) is 4. The van der Waals surface area contributed by atoms with Gasteiger partial charge >= 0.3 is 0 Å². The summed E-state index contributed by atoms with van der Waals surface area (Å²) < 4.78 is 11.7. The van der Waals surface area contributed by atoms with Crippen molar-refractivity contribution in [3.05, 3.63) is 70.7 Å². The molecule has 5 nitrogen and oxygen atoms in total. The average Bonchev–Trinajstić information content (AvgIpc) is 2.67. The number of carbonyl (C=O) groups excluding carboxylic acids is 1. The number of methoxy groups -OCH3 is 1. The van der Waals surface area contributed by atoms with E-state index < -0.39 is 0 Å². The zero-order chi connectivity index (χ0) is 18.4. The third kappa shape index (κ3) is 4.40. The van der Waals surface area contributed by atoms with Crippen LogP contribution in [0.4, 0.5) is 0 Å². The Morgan fingerprint density at radius 3 is 2.65 bits per heavy atom. The maximum absolute atomic E-state index is 11.9. The van der Waals surface area contributed by atoms with Crippen LogP contribution in [0.1, 0.15) is 5.56 Å². The van der Waals surface area contributed by atoms with E-state index in [0.717, 1.165) is 20.8 Å². The third-order valence-corrected chi connectivity index (χ3v) is 4.25. The standard InChI is InChI=1S/C20H17BrN2O3/c1-25-19-11-6-14-4-2-3-5-17(14)18(19)12-22-23-20(24)13-26-16-9-7-15(21)8-10-16/h2-12H,13H2,1H3,(H,23,24). The van der Waals surface area contributed by atoms with E-state index in [1.807, 2.05) is 48.5 Å². The van der Waals surface area contributed by atoms with Crippen LogP contribution in [0.15, 0.2) is 70.2 Å². The van der Waals surface area contributed by atoms with Crippen LogP contribution in [-0.2, 0) is 4.79 Å². The molecule has 26 heavy (non-hydrogen) atoms. The van der Waals surface area contributed by atoms with Crippen molar-refractivity contribution in [1.29, 1.82) is 0 Å². The van der Waals surface area contributed by atoms with Crippen molar-refractivity contribution in [2.45, 2.75) is 0 Å². The van der Waals surface area contributed by atoms with E-state index in [-0.39, 0.29) is 12.5 Å². The van der Waals surface area contributed by atoms with Gasteiger partial charge in [0.2, 0.25) is 0 Å². The molecule has 0 aliphatic heterocycles. The van der Waals surface area contributed by atoms with E-state index in [4.69, 9.17) is 9.47 Å². The van der Waals surface area contributed by atoms with Crippen LogP contribution in [0.25, 0.3) is 10.8 Å². The third-order valence-electron chi connectivity index (χ3n) is 3.72. The van der Waals surface area contributed by atoms with Crippen LogP contribution in [0.3, 0.4) is 0 Å². The number of halogens is 1. The number of nitrogens with zero attached hydrogens (tertiary/aromatic N) is 1. The van der Waals surface area contributed by atoms with E-state index in [1.165, 1.54) is 0 Å². The highest BCUT2D eigenvalue weighted by molar-refractivity contribution is 9.10. The molecule has 3 aromatic rings. The summed E-state index contributed by atoms with van der Waals surface area (Å²) in [7, 11) is 1.60. The molecule has 1 N–H and O–H groups in total. The second kappa shape index (κ2) is 8.49. The molecule has 132 valence electrons. The van der Waals surface area contributed by atoms with Crippen molar-refractivity contribution in [1.82, 2.24) is 5.43 Å². The highest BCUT2D eigenvalue weighted by Crippen LogP contribution is 2.26. The van der Waals surface area contributed by atoms with Crippen LogP contribution in [-0.4, -0.2) is 25.8 Å². The Kier molecular flexibility index (Phi) is 5.86. The second-order valence-corrected chi connectivity index (χ2v) is 6.35. The average molecular weight is 413 g/mol. The number of benzene rings is 3. The van der Waals surface area contributed by atoms with Gasteiger partial charge in [-0.2, -0.15) is 5.10 Å². The normalized spacial score (nSPS) is 10.8. The Morgan fingerprint density at radius 2 is 1.88 bits per heavy atom. The number of rotatable bonds is 6. The number of ether oxygens (including phenoxy) is 2. The first-order valence-corrected chi connectivity index (χ1v) is 8.72. The zero-order valence-electron chi connectivity index (χ0n) is 14.1. The molecule has 0 spiro atoms. The van der Waals surface area contributed by atoms with Gasteiger partial charge in [0.05, 0.1) is 13.3 Å². The van der Waals surface area contributed by atoms with Crippen molar-refractivity contribution in [2.75, 3.05) is 13.7 Å². The molecule has 1 amide bonds. The highest BCUT2D eigenvalue weighted by Gasteiger charge is 2.06. The quantitative estimate of drug-likeness (QED) is 0.488. The maximum atomic E-state index is 11.9. The molecular weight excluding hydrogens is 396 g/mol. The lowest BCUT2D eigenvalue weighted by Gasteiger charge is -2.08. The molecule has 0 aliphatic carbocycles. The summed E-state index contributed by atoms with van der Waals surface area (Å²) in [6.45, 7) is -0.119. The summed E-state index contributed by atoms with van der Waals surface area (Å²) in [6, 6.07) is 19.0. The molecular formula is C20H17BrN2O3. The molecule has 0 atom stereocenters. The molecule has 0 saturated carbocycles. The minimum atomic E-state index is -0.344. The van der Waals surface area contributed by atoms with Gasteiger partial charge in [-0.3, -0.25) is 4.79 Å².